The Balaban J connectivity index is 1.66. The SMILES string of the molecule is CCNc1ncc2c(n1)N(C)CCN(c1cccc(-n3cc(CNC)cn3)c1)C2=O. The van der Waals surface area contributed by atoms with E-state index in [4.69, 9.17) is 0 Å². The van der Waals surface area contributed by atoms with Crippen LogP contribution in [0.2, 0.25) is 0 Å². The molecule has 3 aromatic rings. The molecule has 2 N–H and O–H groups in total. The highest BCUT2D eigenvalue weighted by Crippen LogP contribution is 2.27. The number of nitrogens with one attached hydrogen (secondary N) is 2. The number of anilines is 3. The molecule has 0 unspecified atom stereocenters. The van der Waals surface area contributed by atoms with Gasteiger partial charge in [-0.05, 0) is 32.2 Å². The quantitative estimate of drug-likeness (QED) is 0.646. The highest BCUT2D eigenvalue weighted by atomic mass is 16.2. The van der Waals surface area contributed by atoms with E-state index in [1.807, 2.05) is 67.3 Å². The number of carbonyl (C=O) groups is 1. The lowest BCUT2D eigenvalue weighted by molar-refractivity contribution is 0.0989. The molecular weight excluding hydrogens is 380 g/mol. The molecule has 1 aromatic carbocycles. The molecule has 0 saturated heterocycles. The maximum absolute atomic E-state index is 13.4. The molecule has 30 heavy (non-hydrogen) atoms. The summed E-state index contributed by atoms with van der Waals surface area (Å²) in [5, 5.41) is 10.7. The van der Waals surface area contributed by atoms with Gasteiger partial charge in [-0.1, -0.05) is 6.07 Å². The minimum atomic E-state index is -0.106. The van der Waals surface area contributed by atoms with E-state index in [9.17, 15) is 4.79 Å². The van der Waals surface area contributed by atoms with Gasteiger partial charge in [0.1, 0.15) is 11.4 Å². The number of rotatable bonds is 6. The number of amides is 1. The van der Waals surface area contributed by atoms with E-state index < -0.39 is 0 Å². The molecule has 0 aliphatic carbocycles. The molecule has 3 heterocycles. The Kier molecular flexibility index (Phi) is 5.62. The number of nitrogens with zero attached hydrogens (tertiary/aromatic N) is 6. The highest BCUT2D eigenvalue weighted by Gasteiger charge is 2.28. The van der Waals surface area contributed by atoms with Gasteiger partial charge >= 0.3 is 0 Å². The molecule has 2 aromatic heterocycles. The molecule has 1 aliphatic heterocycles. The van der Waals surface area contributed by atoms with Crippen molar-refractivity contribution >= 4 is 23.4 Å². The van der Waals surface area contributed by atoms with Crippen LogP contribution in [0.1, 0.15) is 22.8 Å². The predicted molar refractivity (Wildman–Crippen MR) is 117 cm³/mol. The molecule has 0 radical (unpaired) electrons. The minimum absolute atomic E-state index is 0.106. The molecule has 0 saturated carbocycles. The first-order chi connectivity index (χ1) is 14.6. The van der Waals surface area contributed by atoms with Crippen LogP contribution < -0.4 is 20.4 Å². The fraction of sp³-hybridized carbons (Fsp3) is 0.333. The summed E-state index contributed by atoms with van der Waals surface area (Å²) in [5.74, 6) is 1.07. The normalized spacial score (nSPS) is 13.9. The Hall–Kier alpha value is -3.46. The van der Waals surface area contributed by atoms with Gasteiger partial charge in [-0.25, -0.2) is 9.67 Å². The van der Waals surface area contributed by atoms with Gasteiger partial charge in [-0.2, -0.15) is 10.1 Å². The highest BCUT2D eigenvalue weighted by molar-refractivity contribution is 6.09. The first kappa shape index (κ1) is 19.8. The topological polar surface area (TPSA) is 91.2 Å². The summed E-state index contributed by atoms with van der Waals surface area (Å²) in [5.41, 5.74) is 3.31. The molecule has 1 aliphatic rings. The lowest BCUT2D eigenvalue weighted by Gasteiger charge is -2.21. The molecule has 0 atom stereocenters. The van der Waals surface area contributed by atoms with Gasteiger partial charge in [0.05, 0.1) is 11.9 Å². The standard InChI is InChI=1S/C21H26N8O/c1-4-23-21-24-13-18-19(26-21)27(3)8-9-28(20(18)30)16-6-5-7-17(10-16)29-14-15(11-22-2)12-25-29/h5-7,10,12-14,22H,4,8-9,11H2,1-3H3,(H,23,24,26). The largest absolute Gasteiger partial charge is 0.357 e. The maximum atomic E-state index is 13.4. The van der Waals surface area contributed by atoms with Gasteiger partial charge in [0.2, 0.25) is 5.95 Å². The van der Waals surface area contributed by atoms with Gasteiger partial charge in [0.15, 0.2) is 0 Å². The Labute approximate surface area is 175 Å². The van der Waals surface area contributed by atoms with Crippen LogP contribution in [0.3, 0.4) is 0 Å². The van der Waals surface area contributed by atoms with E-state index in [-0.39, 0.29) is 5.91 Å². The molecular formula is C21H26N8O. The van der Waals surface area contributed by atoms with E-state index in [1.165, 1.54) is 0 Å². The summed E-state index contributed by atoms with van der Waals surface area (Å²) in [4.78, 5) is 26.0. The van der Waals surface area contributed by atoms with Crippen molar-refractivity contribution in [3.63, 3.8) is 0 Å². The van der Waals surface area contributed by atoms with Crippen LogP contribution in [0.5, 0.6) is 0 Å². The summed E-state index contributed by atoms with van der Waals surface area (Å²) in [6, 6.07) is 7.84. The molecule has 0 bridgehead atoms. The van der Waals surface area contributed by atoms with Gasteiger partial charge in [0, 0.05) is 56.9 Å². The van der Waals surface area contributed by atoms with E-state index in [2.05, 4.69) is 25.7 Å². The van der Waals surface area contributed by atoms with E-state index in [1.54, 1.807) is 11.1 Å². The molecule has 9 heteroatoms. The number of carbonyl (C=O) groups excluding carboxylic acids is 1. The lowest BCUT2D eigenvalue weighted by Crippen LogP contribution is -2.33. The first-order valence-corrected chi connectivity index (χ1v) is 10.0. The zero-order chi connectivity index (χ0) is 21.1. The van der Waals surface area contributed by atoms with Gasteiger partial charge in [0.25, 0.3) is 5.91 Å². The van der Waals surface area contributed by atoms with Crippen molar-refractivity contribution in [2.45, 2.75) is 13.5 Å². The first-order valence-electron chi connectivity index (χ1n) is 10.0. The predicted octanol–water partition coefficient (Wildman–Crippen LogP) is 1.91. The van der Waals surface area contributed by atoms with Crippen LogP contribution in [0.4, 0.5) is 17.5 Å². The van der Waals surface area contributed by atoms with Gasteiger partial charge < -0.3 is 20.4 Å². The van der Waals surface area contributed by atoms with Crippen molar-refractivity contribution in [1.82, 2.24) is 25.1 Å². The van der Waals surface area contributed by atoms with E-state index >= 15 is 0 Å². The van der Waals surface area contributed by atoms with Crippen molar-refractivity contribution in [2.75, 3.05) is 48.8 Å². The average molecular weight is 406 g/mol. The van der Waals surface area contributed by atoms with Gasteiger partial charge in [-0.15, -0.1) is 0 Å². The zero-order valence-corrected chi connectivity index (χ0v) is 17.5. The van der Waals surface area contributed by atoms with Crippen LogP contribution in [0.25, 0.3) is 5.69 Å². The second-order valence-electron chi connectivity index (χ2n) is 7.18. The van der Waals surface area contributed by atoms with Gasteiger partial charge in [-0.3, -0.25) is 4.79 Å². The fourth-order valence-corrected chi connectivity index (χ4v) is 3.51. The van der Waals surface area contributed by atoms with E-state index in [0.717, 1.165) is 30.0 Å². The van der Waals surface area contributed by atoms with Crippen molar-refractivity contribution in [2.24, 2.45) is 0 Å². The Morgan fingerprint density at radius 3 is 2.80 bits per heavy atom. The third kappa shape index (κ3) is 3.84. The Bertz CT molecular complexity index is 1050. The van der Waals surface area contributed by atoms with Crippen molar-refractivity contribution in [3.05, 3.63) is 54.0 Å². The summed E-state index contributed by atoms with van der Waals surface area (Å²) < 4.78 is 1.82. The Morgan fingerprint density at radius 1 is 1.17 bits per heavy atom. The molecule has 156 valence electrons. The number of aromatic nitrogens is 4. The second kappa shape index (κ2) is 8.50. The number of likely N-dealkylation sites (N-methyl/N-ethyl adjacent to an activating group) is 1. The minimum Gasteiger partial charge on any atom is -0.357 e. The molecule has 4 rings (SSSR count). The van der Waals surface area contributed by atoms with E-state index in [0.29, 0.717) is 30.4 Å². The van der Waals surface area contributed by atoms with Crippen LogP contribution in [0.15, 0.2) is 42.9 Å². The summed E-state index contributed by atoms with van der Waals surface area (Å²) >= 11 is 0. The number of fused-ring (bicyclic) bond motifs is 1. The molecule has 1 amide bonds. The zero-order valence-electron chi connectivity index (χ0n) is 17.5. The average Bonchev–Trinajstić information content (AvgIpc) is 3.18. The maximum Gasteiger partial charge on any atom is 0.263 e. The fourth-order valence-electron chi connectivity index (χ4n) is 3.51. The Morgan fingerprint density at radius 2 is 2.00 bits per heavy atom. The van der Waals surface area contributed by atoms with Crippen molar-refractivity contribution in [3.8, 4) is 5.69 Å². The third-order valence-electron chi connectivity index (χ3n) is 5.02. The summed E-state index contributed by atoms with van der Waals surface area (Å²) in [6.45, 7) is 4.68. The van der Waals surface area contributed by atoms with Crippen LogP contribution in [-0.4, -0.2) is 59.4 Å². The summed E-state index contributed by atoms with van der Waals surface area (Å²) in [6.07, 6.45) is 5.43. The third-order valence-corrected chi connectivity index (χ3v) is 5.02. The van der Waals surface area contributed by atoms with Crippen LogP contribution in [-0.2, 0) is 6.54 Å². The monoisotopic (exact) mass is 406 g/mol. The van der Waals surface area contributed by atoms with Crippen molar-refractivity contribution < 1.29 is 4.79 Å². The smallest absolute Gasteiger partial charge is 0.263 e. The molecule has 9 nitrogen and oxygen atoms in total. The number of benzene rings is 1. The van der Waals surface area contributed by atoms with Crippen LogP contribution in [0, 0.1) is 0 Å². The lowest BCUT2D eigenvalue weighted by atomic mass is 10.2. The molecule has 0 fully saturated rings. The summed E-state index contributed by atoms with van der Waals surface area (Å²) in [7, 11) is 3.85. The molecule has 0 spiro atoms. The number of hydrogen-bond acceptors (Lipinski definition) is 7. The van der Waals surface area contributed by atoms with Crippen molar-refractivity contribution in [1.29, 1.82) is 0 Å². The second-order valence-corrected chi connectivity index (χ2v) is 7.18. The van der Waals surface area contributed by atoms with Crippen LogP contribution >= 0.6 is 0 Å². The number of hydrogen-bond donors (Lipinski definition) is 2.